The smallest absolute Gasteiger partial charge is 0.362 e. The van der Waals surface area contributed by atoms with Gasteiger partial charge in [-0.25, -0.2) is 4.79 Å². The average molecular weight is 326 g/mol. The Morgan fingerprint density at radius 1 is 1.53 bits per heavy atom. The number of aromatic carboxylic acids is 1. The highest BCUT2D eigenvalue weighted by Crippen LogP contribution is 2.30. The molecule has 0 aliphatic rings. The van der Waals surface area contributed by atoms with Crippen molar-refractivity contribution in [3.05, 3.63) is 33.9 Å². The number of ether oxygens (including phenoxy) is 1. The summed E-state index contributed by atoms with van der Waals surface area (Å²) in [5, 5.41) is 9.06. The molecule has 0 radical (unpaired) electrons. The number of carboxylic acid groups (broad SMARTS) is 1. The van der Waals surface area contributed by atoms with Gasteiger partial charge in [0.25, 0.3) is 0 Å². The SMILES string of the molecule is CCOc1oc(-c2ccc(Br)cc2C)nc1C(=O)O. The summed E-state index contributed by atoms with van der Waals surface area (Å²) in [6.07, 6.45) is 0. The number of rotatable bonds is 4. The van der Waals surface area contributed by atoms with Crippen LogP contribution in [0.3, 0.4) is 0 Å². The second kappa shape index (κ2) is 5.44. The molecular formula is C13H12BrNO4. The van der Waals surface area contributed by atoms with Crippen LogP contribution in [-0.2, 0) is 0 Å². The first-order chi connectivity index (χ1) is 9.02. The molecule has 0 saturated carbocycles. The predicted molar refractivity (Wildman–Crippen MR) is 72.5 cm³/mol. The van der Waals surface area contributed by atoms with Gasteiger partial charge in [0, 0.05) is 10.0 Å². The summed E-state index contributed by atoms with van der Waals surface area (Å²) in [5.41, 5.74) is 1.45. The molecule has 0 fully saturated rings. The molecule has 0 unspecified atom stereocenters. The number of nitrogens with zero attached hydrogens (tertiary/aromatic N) is 1. The third-order valence-electron chi connectivity index (χ3n) is 2.49. The molecule has 5 nitrogen and oxygen atoms in total. The van der Waals surface area contributed by atoms with Gasteiger partial charge in [0.1, 0.15) is 0 Å². The maximum absolute atomic E-state index is 11.1. The minimum Gasteiger partial charge on any atom is -0.476 e. The summed E-state index contributed by atoms with van der Waals surface area (Å²) in [7, 11) is 0. The molecule has 0 spiro atoms. The highest BCUT2D eigenvalue weighted by molar-refractivity contribution is 9.10. The minimum absolute atomic E-state index is 0.0627. The molecule has 19 heavy (non-hydrogen) atoms. The fourth-order valence-corrected chi connectivity index (χ4v) is 2.13. The third-order valence-corrected chi connectivity index (χ3v) is 2.99. The lowest BCUT2D eigenvalue weighted by Gasteiger charge is -2.01. The molecule has 1 heterocycles. The molecule has 2 rings (SSSR count). The van der Waals surface area contributed by atoms with Gasteiger partial charge < -0.3 is 14.3 Å². The van der Waals surface area contributed by atoms with Gasteiger partial charge in [0.05, 0.1) is 6.61 Å². The van der Waals surface area contributed by atoms with Crippen LogP contribution in [0, 0.1) is 6.92 Å². The highest BCUT2D eigenvalue weighted by atomic mass is 79.9. The molecule has 1 aromatic heterocycles. The zero-order chi connectivity index (χ0) is 14.0. The van der Waals surface area contributed by atoms with Gasteiger partial charge in [0.2, 0.25) is 11.6 Å². The van der Waals surface area contributed by atoms with Crippen molar-refractivity contribution < 1.29 is 19.1 Å². The topological polar surface area (TPSA) is 72.6 Å². The van der Waals surface area contributed by atoms with Crippen molar-refractivity contribution >= 4 is 21.9 Å². The zero-order valence-electron chi connectivity index (χ0n) is 10.4. The molecule has 0 atom stereocenters. The molecule has 0 aliphatic carbocycles. The number of aryl methyl sites for hydroxylation is 1. The van der Waals surface area contributed by atoms with Gasteiger partial charge in [-0.05, 0) is 37.6 Å². The Morgan fingerprint density at radius 3 is 2.84 bits per heavy atom. The van der Waals surface area contributed by atoms with E-state index in [1.807, 2.05) is 25.1 Å². The lowest BCUT2D eigenvalue weighted by Crippen LogP contribution is -2.01. The van der Waals surface area contributed by atoms with Crippen LogP contribution in [0.1, 0.15) is 23.0 Å². The van der Waals surface area contributed by atoms with Crippen LogP contribution in [-0.4, -0.2) is 22.7 Å². The van der Waals surface area contributed by atoms with Crippen molar-refractivity contribution in [2.45, 2.75) is 13.8 Å². The number of carbonyl (C=O) groups is 1. The number of oxazole rings is 1. The summed E-state index contributed by atoms with van der Waals surface area (Å²) in [6, 6.07) is 5.56. The van der Waals surface area contributed by atoms with Crippen molar-refractivity contribution in [2.24, 2.45) is 0 Å². The summed E-state index contributed by atoms with van der Waals surface area (Å²) < 4.78 is 11.5. The van der Waals surface area contributed by atoms with E-state index in [0.29, 0.717) is 6.61 Å². The summed E-state index contributed by atoms with van der Waals surface area (Å²) in [4.78, 5) is 15.1. The Bertz CT molecular complexity index is 621. The Hall–Kier alpha value is -1.82. The maximum atomic E-state index is 11.1. The molecule has 0 bridgehead atoms. The van der Waals surface area contributed by atoms with Gasteiger partial charge in [-0.3, -0.25) is 0 Å². The monoisotopic (exact) mass is 325 g/mol. The predicted octanol–water partition coefficient (Wildman–Crippen LogP) is 3.51. The number of aromatic nitrogens is 1. The summed E-state index contributed by atoms with van der Waals surface area (Å²) >= 11 is 3.37. The first-order valence-corrected chi connectivity index (χ1v) is 6.45. The lowest BCUT2D eigenvalue weighted by atomic mass is 10.1. The maximum Gasteiger partial charge on any atom is 0.362 e. The zero-order valence-corrected chi connectivity index (χ0v) is 12.0. The van der Waals surface area contributed by atoms with Gasteiger partial charge in [0.15, 0.2) is 0 Å². The summed E-state index contributed by atoms with van der Waals surface area (Å²) in [5.74, 6) is -0.994. The van der Waals surface area contributed by atoms with Crippen LogP contribution >= 0.6 is 15.9 Å². The van der Waals surface area contributed by atoms with Gasteiger partial charge in [-0.2, -0.15) is 4.98 Å². The van der Waals surface area contributed by atoms with Crippen LogP contribution in [0.15, 0.2) is 27.1 Å². The van der Waals surface area contributed by atoms with Crippen molar-refractivity contribution in [3.8, 4) is 17.4 Å². The standard InChI is InChI=1S/C13H12BrNO4/c1-3-18-13-10(12(16)17)15-11(19-13)9-5-4-8(14)6-7(9)2/h4-6H,3H2,1-2H3,(H,16,17). The van der Waals surface area contributed by atoms with Crippen LogP contribution < -0.4 is 4.74 Å². The van der Waals surface area contributed by atoms with E-state index in [9.17, 15) is 4.79 Å². The molecule has 6 heteroatoms. The molecule has 0 amide bonds. The van der Waals surface area contributed by atoms with Crippen molar-refractivity contribution in [3.63, 3.8) is 0 Å². The fourth-order valence-electron chi connectivity index (χ4n) is 1.65. The highest BCUT2D eigenvalue weighted by Gasteiger charge is 2.22. The van der Waals surface area contributed by atoms with E-state index in [-0.39, 0.29) is 17.5 Å². The van der Waals surface area contributed by atoms with E-state index in [4.69, 9.17) is 14.3 Å². The first-order valence-electron chi connectivity index (χ1n) is 5.66. The van der Waals surface area contributed by atoms with E-state index in [1.54, 1.807) is 6.92 Å². The van der Waals surface area contributed by atoms with Gasteiger partial charge in [-0.15, -0.1) is 0 Å². The Morgan fingerprint density at radius 2 is 2.26 bits per heavy atom. The summed E-state index contributed by atoms with van der Waals surface area (Å²) in [6.45, 7) is 3.96. The molecule has 1 aromatic carbocycles. The van der Waals surface area contributed by atoms with E-state index in [2.05, 4.69) is 20.9 Å². The third kappa shape index (κ3) is 2.78. The second-order valence-corrected chi connectivity index (χ2v) is 4.77. The fraction of sp³-hybridized carbons (Fsp3) is 0.231. The second-order valence-electron chi connectivity index (χ2n) is 3.85. The number of halogens is 1. The largest absolute Gasteiger partial charge is 0.476 e. The van der Waals surface area contributed by atoms with E-state index >= 15 is 0 Å². The number of carboxylic acids is 1. The number of benzene rings is 1. The Balaban J connectivity index is 2.50. The van der Waals surface area contributed by atoms with Crippen molar-refractivity contribution in [1.29, 1.82) is 0 Å². The minimum atomic E-state index is -1.17. The Kier molecular flexibility index (Phi) is 3.90. The molecule has 2 aromatic rings. The van der Waals surface area contributed by atoms with E-state index in [1.165, 1.54) is 0 Å². The van der Waals surface area contributed by atoms with Crippen LogP contribution in [0.5, 0.6) is 5.95 Å². The van der Waals surface area contributed by atoms with Crippen LogP contribution in [0.25, 0.3) is 11.5 Å². The van der Waals surface area contributed by atoms with Crippen LogP contribution in [0.2, 0.25) is 0 Å². The van der Waals surface area contributed by atoms with Crippen LogP contribution in [0.4, 0.5) is 0 Å². The molecule has 100 valence electrons. The number of hydrogen-bond acceptors (Lipinski definition) is 4. The first kappa shape index (κ1) is 13.6. The van der Waals surface area contributed by atoms with E-state index < -0.39 is 5.97 Å². The normalized spacial score (nSPS) is 10.5. The lowest BCUT2D eigenvalue weighted by molar-refractivity contribution is 0.0683. The van der Waals surface area contributed by atoms with E-state index in [0.717, 1.165) is 15.6 Å². The van der Waals surface area contributed by atoms with Crippen molar-refractivity contribution in [2.75, 3.05) is 6.61 Å². The average Bonchev–Trinajstić information content (AvgIpc) is 2.73. The molecular weight excluding hydrogens is 314 g/mol. The van der Waals surface area contributed by atoms with Gasteiger partial charge >= 0.3 is 11.9 Å². The van der Waals surface area contributed by atoms with Crippen molar-refractivity contribution in [1.82, 2.24) is 4.98 Å². The number of hydrogen-bond donors (Lipinski definition) is 1. The molecule has 0 saturated heterocycles. The Labute approximate surface area is 118 Å². The molecule has 0 aliphatic heterocycles. The molecule has 1 N–H and O–H groups in total. The quantitative estimate of drug-likeness (QED) is 0.931. The van der Waals surface area contributed by atoms with Gasteiger partial charge in [-0.1, -0.05) is 15.9 Å².